The average molecular weight is 179 g/mol. The van der Waals surface area contributed by atoms with E-state index in [4.69, 9.17) is 15.3 Å². The second-order valence-corrected chi connectivity index (χ2v) is 2.70. The van der Waals surface area contributed by atoms with Crippen LogP contribution in [0.25, 0.3) is 0 Å². The second-order valence-electron chi connectivity index (χ2n) is 2.70. The van der Waals surface area contributed by atoms with Crippen molar-refractivity contribution in [3.63, 3.8) is 0 Å². The molecule has 0 saturated carbocycles. The SMILES string of the molecule is CCC(CO)(CO)CO.[nH]1[nH][nH]1. The average Bonchev–Trinajstić information content (AvgIpc) is 2.96. The van der Waals surface area contributed by atoms with E-state index in [1.54, 1.807) is 0 Å². The number of hydrogen-bond acceptors (Lipinski definition) is 3. The molecule has 0 aromatic carbocycles. The van der Waals surface area contributed by atoms with E-state index in [0.717, 1.165) is 0 Å². The number of aliphatic hydroxyl groups is 3. The molecular weight excluding hydrogens is 162 g/mol. The van der Waals surface area contributed by atoms with Crippen molar-refractivity contribution in [2.24, 2.45) is 5.41 Å². The number of aromatic nitrogens is 3. The summed E-state index contributed by atoms with van der Waals surface area (Å²) in [7, 11) is 0. The van der Waals surface area contributed by atoms with Crippen molar-refractivity contribution in [1.82, 2.24) is 15.6 Å². The van der Waals surface area contributed by atoms with Crippen molar-refractivity contribution in [3.05, 3.63) is 0 Å². The summed E-state index contributed by atoms with van der Waals surface area (Å²) in [5, 5.41) is 33.5. The molecule has 6 N–H and O–H groups in total. The second kappa shape index (κ2) is 5.87. The lowest BCUT2D eigenvalue weighted by molar-refractivity contribution is 0.00304. The number of H-pyrrole nitrogens is 3. The van der Waals surface area contributed by atoms with Gasteiger partial charge in [0.2, 0.25) is 0 Å². The molecule has 0 spiro atoms. The first kappa shape index (κ1) is 11.3. The predicted octanol–water partition coefficient (Wildman–Crippen LogP) is -0.969. The molecule has 1 rings (SSSR count). The summed E-state index contributed by atoms with van der Waals surface area (Å²) in [6.45, 7) is 1.35. The summed E-state index contributed by atoms with van der Waals surface area (Å²) in [6.07, 6.45) is 0.594. The molecule has 0 radical (unpaired) electrons. The summed E-state index contributed by atoms with van der Waals surface area (Å²) < 4.78 is 0. The Hall–Kier alpha value is -0.720. The van der Waals surface area contributed by atoms with Gasteiger partial charge in [-0.2, -0.15) is 0 Å². The number of rotatable bonds is 4. The molecule has 0 fully saturated rings. The Bertz CT molecular complexity index is 124. The Morgan fingerprint density at radius 1 is 0.917 bits per heavy atom. The fourth-order valence-electron chi connectivity index (χ4n) is 0.485. The van der Waals surface area contributed by atoms with Gasteiger partial charge in [-0.1, -0.05) is 6.92 Å². The van der Waals surface area contributed by atoms with E-state index in [9.17, 15) is 0 Å². The van der Waals surface area contributed by atoms with E-state index in [0.29, 0.717) is 6.42 Å². The minimum Gasteiger partial charge on any atom is -0.396 e. The maximum Gasteiger partial charge on any atom is 0.0531 e. The summed E-state index contributed by atoms with van der Waals surface area (Å²) in [4.78, 5) is 0. The Labute approximate surface area is 70.5 Å². The molecule has 0 aliphatic rings. The lowest BCUT2D eigenvalue weighted by Gasteiger charge is -2.24. The van der Waals surface area contributed by atoms with Gasteiger partial charge in [0.05, 0.1) is 19.8 Å². The van der Waals surface area contributed by atoms with Crippen LogP contribution in [0.2, 0.25) is 0 Å². The number of nitrogens with one attached hydrogen (secondary N) is 3. The number of hydrogen-bond donors (Lipinski definition) is 6. The zero-order chi connectivity index (χ0) is 9.45. The summed E-state index contributed by atoms with van der Waals surface area (Å²) >= 11 is 0. The minimum absolute atomic E-state index is 0.156. The third-order valence-corrected chi connectivity index (χ3v) is 1.88. The highest BCUT2D eigenvalue weighted by molar-refractivity contribution is 4.74. The molecule has 6 heteroatoms. The molecule has 6 nitrogen and oxygen atoms in total. The quantitative estimate of drug-likeness (QED) is 0.358. The molecule has 0 aliphatic carbocycles. The van der Waals surface area contributed by atoms with Gasteiger partial charge < -0.3 is 15.3 Å². The Kier molecular flexibility index (Phi) is 5.52. The van der Waals surface area contributed by atoms with Crippen LogP contribution in [0.1, 0.15) is 13.3 Å². The Morgan fingerprint density at radius 2 is 1.25 bits per heavy atom. The Balaban J connectivity index is 0.000000330. The maximum absolute atomic E-state index is 8.66. The fraction of sp³-hybridized carbons (Fsp3) is 1.00. The standard InChI is InChI=1S/C6H14O3.H3N3/c1-2-6(3-7,4-8)5-9;1-2-3-1/h7-9H,2-5H2,1H3;1-3H. The van der Waals surface area contributed by atoms with Crippen LogP contribution in [-0.2, 0) is 0 Å². The fourth-order valence-corrected chi connectivity index (χ4v) is 0.485. The van der Waals surface area contributed by atoms with Gasteiger partial charge in [-0.05, 0) is 6.42 Å². The van der Waals surface area contributed by atoms with E-state index < -0.39 is 5.41 Å². The van der Waals surface area contributed by atoms with Crippen LogP contribution < -0.4 is 0 Å². The van der Waals surface area contributed by atoms with Crippen LogP contribution >= 0.6 is 0 Å². The van der Waals surface area contributed by atoms with Crippen molar-refractivity contribution in [1.29, 1.82) is 0 Å². The van der Waals surface area contributed by atoms with Crippen LogP contribution in [0.15, 0.2) is 0 Å². The van der Waals surface area contributed by atoms with Gasteiger partial charge in [0.15, 0.2) is 0 Å². The highest BCUT2D eigenvalue weighted by Gasteiger charge is 2.24. The van der Waals surface area contributed by atoms with Gasteiger partial charge >= 0.3 is 0 Å². The van der Waals surface area contributed by atoms with Crippen molar-refractivity contribution < 1.29 is 15.3 Å². The molecule has 0 aliphatic heterocycles. The minimum atomic E-state index is -0.667. The van der Waals surface area contributed by atoms with Gasteiger partial charge in [-0.3, -0.25) is 0 Å². The zero-order valence-corrected chi connectivity index (χ0v) is 7.17. The van der Waals surface area contributed by atoms with E-state index in [1.807, 2.05) is 6.92 Å². The third kappa shape index (κ3) is 4.22. The monoisotopic (exact) mass is 179 g/mol. The lowest BCUT2D eigenvalue weighted by atomic mass is 9.88. The molecule has 0 unspecified atom stereocenters. The first-order valence-electron chi connectivity index (χ1n) is 3.82. The van der Waals surface area contributed by atoms with Crippen LogP contribution in [0, 0.1) is 5.41 Å². The highest BCUT2D eigenvalue weighted by Crippen LogP contribution is 2.18. The topological polar surface area (TPSA) is 108 Å². The molecule has 1 aromatic rings. The molecule has 0 atom stereocenters. The van der Waals surface area contributed by atoms with E-state index in [1.165, 1.54) is 0 Å². The van der Waals surface area contributed by atoms with Crippen LogP contribution in [0.4, 0.5) is 0 Å². The molecule has 0 bridgehead atoms. The first-order chi connectivity index (χ1) is 5.74. The van der Waals surface area contributed by atoms with Crippen LogP contribution in [-0.4, -0.2) is 50.8 Å². The summed E-state index contributed by atoms with van der Waals surface area (Å²) in [5.74, 6) is 0. The molecule has 1 aromatic heterocycles. The number of aromatic amines is 3. The molecule has 0 amide bonds. The smallest absolute Gasteiger partial charge is 0.0531 e. The lowest BCUT2D eigenvalue weighted by Crippen LogP contribution is -2.32. The van der Waals surface area contributed by atoms with Crippen molar-refractivity contribution in [3.8, 4) is 0 Å². The van der Waals surface area contributed by atoms with Crippen molar-refractivity contribution >= 4 is 0 Å². The van der Waals surface area contributed by atoms with Gasteiger partial charge in [0.1, 0.15) is 0 Å². The van der Waals surface area contributed by atoms with E-state index >= 15 is 0 Å². The summed E-state index contributed by atoms with van der Waals surface area (Å²) in [5.41, 5.74) is -0.667. The van der Waals surface area contributed by atoms with E-state index in [2.05, 4.69) is 15.6 Å². The van der Waals surface area contributed by atoms with Gasteiger partial charge in [0, 0.05) is 5.41 Å². The normalized spacial score (nSPS) is 11.0. The summed E-state index contributed by atoms with van der Waals surface area (Å²) in [6, 6.07) is 0. The first-order valence-corrected chi connectivity index (χ1v) is 3.82. The molecule has 1 heterocycles. The zero-order valence-electron chi connectivity index (χ0n) is 7.17. The molecule has 74 valence electrons. The molecular formula is C6H17N3O3. The van der Waals surface area contributed by atoms with E-state index in [-0.39, 0.29) is 19.8 Å². The van der Waals surface area contributed by atoms with Gasteiger partial charge in [0.25, 0.3) is 0 Å². The third-order valence-electron chi connectivity index (χ3n) is 1.88. The maximum atomic E-state index is 8.66. The highest BCUT2D eigenvalue weighted by atomic mass is 16.3. The van der Waals surface area contributed by atoms with Crippen molar-refractivity contribution in [2.75, 3.05) is 19.8 Å². The Morgan fingerprint density at radius 3 is 1.25 bits per heavy atom. The van der Waals surface area contributed by atoms with Gasteiger partial charge in [-0.15, -0.1) is 0 Å². The molecule has 0 saturated heterocycles. The molecule has 12 heavy (non-hydrogen) atoms. The number of aliphatic hydroxyl groups excluding tert-OH is 3. The van der Waals surface area contributed by atoms with Gasteiger partial charge in [-0.25, -0.2) is 15.6 Å². The van der Waals surface area contributed by atoms with Crippen LogP contribution in [0.5, 0.6) is 0 Å². The largest absolute Gasteiger partial charge is 0.396 e. The predicted molar refractivity (Wildman–Crippen MR) is 43.5 cm³/mol. The van der Waals surface area contributed by atoms with Crippen molar-refractivity contribution in [2.45, 2.75) is 13.3 Å². The van der Waals surface area contributed by atoms with Crippen LogP contribution in [0.3, 0.4) is 0 Å².